The summed E-state index contributed by atoms with van der Waals surface area (Å²) in [6.45, 7) is 4.00. The van der Waals surface area contributed by atoms with E-state index in [9.17, 15) is 14.9 Å². The molecule has 1 atom stereocenters. The molecule has 0 aromatic heterocycles. The molecule has 0 unspecified atom stereocenters. The maximum Gasteiger partial charge on any atom is 0.311 e. The average molecular weight is 399 g/mol. The number of methoxy groups -OCH3 is 1. The Bertz CT molecular complexity index is 945. The standard InChI is InChI=1S/C20H21N3O4S/c1-4-16-12-28-20(21-15-7-5-6-13(2)10-15)22(16)19(24)14-8-9-18(27-3)17(11-14)23(25)26/h5-11,16H,4,12H2,1-3H3/t16-/m1/s1. The number of nitro benzene ring substituents is 1. The number of nitrogens with zero attached hydrogens (tertiary/aromatic N) is 3. The quantitative estimate of drug-likeness (QED) is 0.543. The number of carbonyl (C=O) groups excluding carboxylic acids is 1. The van der Waals surface area contributed by atoms with Crippen molar-refractivity contribution in [2.45, 2.75) is 26.3 Å². The van der Waals surface area contributed by atoms with Gasteiger partial charge in [-0.1, -0.05) is 30.8 Å². The molecule has 8 heteroatoms. The molecule has 0 N–H and O–H groups in total. The van der Waals surface area contributed by atoms with Gasteiger partial charge in [0, 0.05) is 23.4 Å². The van der Waals surface area contributed by atoms with Crippen LogP contribution in [0.3, 0.4) is 0 Å². The lowest BCUT2D eigenvalue weighted by Gasteiger charge is -2.23. The van der Waals surface area contributed by atoms with E-state index >= 15 is 0 Å². The van der Waals surface area contributed by atoms with Crippen LogP contribution in [0.25, 0.3) is 0 Å². The van der Waals surface area contributed by atoms with Gasteiger partial charge in [0.1, 0.15) is 0 Å². The summed E-state index contributed by atoms with van der Waals surface area (Å²) in [5, 5.41) is 11.9. The van der Waals surface area contributed by atoms with E-state index in [0.717, 1.165) is 23.4 Å². The highest BCUT2D eigenvalue weighted by Gasteiger charge is 2.35. The summed E-state index contributed by atoms with van der Waals surface area (Å²) in [6, 6.07) is 12.0. The van der Waals surface area contributed by atoms with Crippen LogP contribution < -0.4 is 4.74 Å². The summed E-state index contributed by atoms with van der Waals surface area (Å²) in [6.07, 6.45) is 0.768. The topological polar surface area (TPSA) is 85.0 Å². The van der Waals surface area contributed by atoms with Crippen LogP contribution in [-0.4, -0.2) is 39.8 Å². The highest BCUT2D eigenvalue weighted by atomic mass is 32.2. The third-order valence-corrected chi connectivity index (χ3v) is 5.61. The smallest absolute Gasteiger partial charge is 0.311 e. The van der Waals surface area contributed by atoms with E-state index in [4.69, 9.17) is 4.74 Å². The molecule has 7 nitrogen and oxygen atoms in total. The van der Waals surface area contributed by atoms with Gasteiger partial charge in [-0.15, -0.1) is 0 Å². The van der Waals surface area contributed by atoms with Gasteiger partial charge in [-0.05, 0) is 43.2 Å². The molecule has 0 radical (unpaired) electrons. The minimum atomic E-state index is -0.548. The molecule has 2 aromatic carbocycles. The van der Waals surface area contributed by atoms with Crippen LogP contribution >= 0.6 is 11.8 Å². The molecule has 0 aliphatic carbocycles. The molecule has 1 saturated heterocycles. The van der Waals surface area contributed by atoms with Crippen molar-refractivity contribution in [2.75, 3.05) is 12.9 Å². The molecule has 0 saturated carbocycles. The number of carbonyl (C=O) groups is 1. The lowest BCUT2D eigenvalue weighted by atomic mass is 10.1. The van der Waals surface area contributed by atoms with E-state index < -0.39 is 4.92 Å². The first kappa shape index (κ1) is 19.9. The summed E-state index contributed by atoms with van der Waals surface area (Å²) in [7, 11) is 1.36. The predicted molar refractivity (Wildman–Crippen MR) is 111 cm³/mol. The number of amidine groups is 1. The van der Waals surface area contributed by atoms with E-state index in [1.165, 1.54) is 31.0 Å². The molecular formula is C20H21N3O4S. The largest absolute Gasteiger partial charge is 0.490 e. The SMILES string of the molecule is CC[C@@H]1CSC(=Nc2cccc(C)c2)N1C(=O)c1ccc(OC)c([N+](=O)[O-])c1. The molecule has 1 heterocycles. The molecular weight excluding hydrogens is 378 g/mol. The van der Waals surface area contributed by atoms with Crippen molar-refractivity contribution in [3.63, 3.8) is 0 Å². The van der Waals surface area contributed by atoms with Crippen LogP contribution in [0.5, 0.6) is 5.75 Å². The average Bonchev–Trinajstić information content (AvgIpc) is 3.09. The Balaban J connectivity index is 1.99. The van der Waals surface area contributed by atoms with E-state index in [1.54, 1.807) is 11.0 Å². The molecule has 1 aliphatic heterocycles. The third kappa shape index (κ3) is 4.01. The normalized spacial score (nSPS) is 17.8. The second-order valence-corrected chi connectivity index (χ2v) is 7.41. The minimum Gasteiger partial charge on any atom is -0.490 e. The molecule has 1 fully saturated rings. The number of benzene rings is 2. The van der Waals surface area contributed by atoms with Crippen LogP contribution in [-0.2, 0) is 0 Å². The van der Waals surface area contributed by atoms with Gasteiger partial charge in [-0.3, -0.25) is 19.8 Å². The van der Waals surface area contributed by atoms with E-state index in [-0.39, 0.29) is 28.9 Å². The maximum atomic E-state index is 13.2. The van der Waals surface area contributed by atoms with Crippen LogP contribution in [0.2, 0.25) is 0 Å². The number of rotatable bonds is 5. The van der Waals surface area contributed by atoms with Crippen molar-refractivity contribution in [2.24, 2.45) is 4.99 Å². The Kier molecular flexibility index (Phi) is 5.99. The number of aryl methyl sites for hydroxylation is 1. The number of hydrogen-bond donors (Lipinski definition) is 0. The first-order valence-corrected chi connectivity index (χ1v) is 9.87. The Morgan fingerprint density at radius 2 is 2.14 bits per heavy atom. The Hall–Kier alpha value is -2.87. The van der Waals surface area contributed by atoms with Crippen LogP contribution in [0, 0.1) is 17.0 Å². The predicted octanol–water partition coefficient (Wildman–Crippen LogP) is 4.57. The first-order chi connectivity index (χ1) is 13.4. The maximum absolute atomic E-state index is 13.2. The molecule has 146 valence electrons. The summed E-state index contributed by atoms with van der Waals surface area (Å²) >= 11 is 1.52. The molecule has 0 bridgehead atoms. The Morgan fingerprint density at radius 3 is 2.79 bits per heavy atom. The number of amides is 1. The third-order valence-electron chi connectivity index (χ3n) is 4.51. The van der Waals surface area contributed by atoms with Crippen molar-refractivity contribution >= 4 is 34.2 Å². The highest BCUT2D eigenvalue weighted by Crippen LogP contribution is 2.33. The van der Waals surface area contributed by atoms with Gasteiger partial charge < -0.3 is 4.74 Å². The van der Waals surface area contributed by atoms with Crippen molar-refractivity contribution < 1.29 is 14.5 Å². The van der Waals surface area contributed by atoms with E-state index in [1.807, 2.05) is 38.1 Å². The van der Waals surface area contributed by atoms with Gasteiger partial charge in [0.2, 0.25) is 0 Å². The van der Waals surface area contributed by atoms with Crippen LogP contribution in [0.1, 0.15) is 29.3 Å². The van der Waals surface area contributed by atoms with Crippen LogP contribution in [0.15, 0.2) is 47.5 Å². The van der Waals surface area contributed by atoms with Gasteiger partial charge in [0.25, 0.3) is 5.91 Å². The fourth-order valence-corrected chi connectivity index (χ4v) is 4.29. The summed E-state index contributed by atoms with van der Waals surface area (Å²) in [4.78, 5) is 30.3. The van der Waals surface area contributed by atoms with Crippen LogP contribution in [0.4, 0.5) is 11.4 Å². The molecule has 2 aromatic rings. The summed E-state index contributed by atoms with van der Waals surface area (Å²) in [5.41, 5.74) is 1.87. The van der Waals surface area contributed by atoms with E-state index in [0.29, 0.717) is 5.17 Å². The van der Waals surface area contributed by atoms with Crippen molar-refractivity contribution in [3.05, 3.63) is 63.7 Å². The zero-order chi connectivity index (χ0) is 20.3. The second-order valence-electron chi connectivity index (χ2n) is 6.43. The minimum absolute atomic E-state index is 0.0118. The van der Waals surface area contributed by atoms with Gasteiger partial charge in [0.05, 0.1) is 17.7 Å². The number of thioether (sulfide) groups is 1. The molecule has 0 spiro atoms. The number of nitro groups is 1. The number of aliphatic imine (C=N–C) groups is 1. The second kappa shape index (κ2) is 8.43. The van der Waals surface area contributed by atoms with E-state index in [2.05, 4.69) is 4.99 Å². The van der Waals surface area contributed by atoms with Gasteiger partial charge in [-0.2, -0.15) is 0 Å². The number of ether oxygens (including phenoxy) is 1. The van der Waals surface area contributed by atoms with Crippen molar-refractivity contribution in [1.82, 2.24) is 4.90 Å². The number of hydrogen-bond acceptors (Lipinski definition) is 6. The van der Waals surface area contributed by atoms with Gasteiger partial charge >= 0.3 is 5.69 Å². The lowest BCUT2D eigenvalue weighted by molar-refractivity contribution is -0.385. The first-order valence-electron chi connectivity index (χ1n) is 8.88. The molecule has 1 amide bonds. The fourth-order valence-electron chi connectivity index (χ4n) is 3.02. The Labute approximate surface area is 167 Å². The molecule has 3 rings (SSSR count). The van der Waals surface area contributed by atoms with Crippen molar-refractivity contribution in [1.29, 1.82) is 0 Å². The van der Waals surface area contributed by atoms with Gasteiger partial charge in [-0.25, -0.2) is 4.99 Å². The molecule has 28 heavy (non-hydrogen) atoms. The zero-order valence-corrected chi connectivity index (χ0v) is 16.7. The van der Waals surface area contributed by atoms with Gasteiger partial charge in [0.15, 0.2) is 10.9 Å². The lowest BCUT2D eigenvalue weighted by Crippen LogP contribution is -2.39. The Morgan fingerprint density at radius 1 is 1.36 bits per heavy atom. The fraction of sp³-hybridized carbons (Fsp3) is 0.300. The monoisotopic (exact) mass is 399 g/mol. The summed E-state index contributed by atoms with van der Waals surface area (Å²) in [5.74, 6) is 0.567. The zero-order valence-electron chi connectivity index (χ0n) is 15.9. The van der Waals surface area contributed by atoms with Crippen molar-refractivity contribution in [3.8, 4) is 5.75 Å². The highest BCUT2D eigenvalue weighted by molar-refractivity contribution is 8.14. The summed E-state index contributed by atoms with van der Waals surface area (Å²) < 4.78 is 5.03. The molecule has 1 aliphatic rings.